The number of carbonyl (C=O) groups excluding carboxylic acids is 3. The molecule has 5 unspecified atom stereocenters. The highest BCUT2D eigenvalue weighted by atomic mass is 16.6. The van der Waals surface area contributed by atoms with E-state index in [0.29, 0.717) is 19.4 Å². The number of carbonyl (C=O) groups is 3. The topological polar surface area (TPSA) is 201 Å². The Kier molecular flexibility index (Phi) is 10.9. The van der Waals surface area contributed by atoms with Gasteiger partial charge in [0.2, 0.25) is 11.8 Å². The van der Waals surface area contributed by atoms with E-state index in [4.69, 9.17) is 9.47 Å². The number of anilines is 1. The third-order valence-electron chi connectivity index (χ3n) is 5.99. The normalized spacial score (nSPS) is 21.1. The Balaban J connectivity index is 1.64. The predicted octanol–water partition coefficient (Wildman–Crippen LogP) is -0.605. The molecule has 5 atom stereocenters. The van der Waals surface area contributed by atoms with Gasteiger partial charge >= 0.3 is 11.8 Å². The third-order valence-corrected chi connectivity index (χ3v) is 5.99. The Morgan fingerprint density at radius 2 is 1.87 bits per heavy atom. The number of hydrogen-bond acceptors (Lipinski definition) is 10. The van der Waals surface area contributed by atoms with Crippen molar-refractivity contribution in [2.24, 2.45) is 0 Å². The molecule has 14 nitrogen and oxygen atoms in total. The van der Waals surface area contributed by atoms with Crippen molar-refractivity contribution in [2.75, 3.05) is 18.5 Å². The number of amides is 3. The van der Waals surface area contributed by atoms with Crippen molar-refractivity contribution < 1.29 is 39.2 Å². The number of nitrogens with one attached hydrogen (secondary N) is 3. The monoisotopic (exact) mass is 547 g/mol. The predicted molar refractivity (Wildman–Crippen MR) is 136 cm³/mol. The average molecular weight is 548 g/mol. The van der Waals surface area contributed by atoms with E-state index in [0.717, 1.165) is 10.1 Å². The summed E-state index contributed by atoms with van der Waals surface area (Å²) in [7, 11) is 0. The van der Waals surface area contributed by atoms with Crippen LogP contribution in [0.15, 0.2) is 47.4 Å². The van der Waals surface area contributed by atoms with E-state index in [1.807, 2.05) is 6.07 Å². The molecule has 1 aliphatic heterocycles. The third kappa shape index (κ3) is 8.58. The maximum absolute atomic E-state index is 13.0. The van der Waals surface area contributed by atoms with Crippen molar-refractivity contribution in [1.82, 2.24) is 20.2 Å². The standard InChI is InChI=1S/C25H33N5O9/c1-15(32)26-11-6-5-9-17(27-25(37)38-14-16-7-3-2-4-8-16)22(35)28-19-10-12-30(24(36)29-19)23-21(34)20(33)18(13-31)39-23/h2-4,7-8,10,12,17-18,20-21,23,31,33-34H,5-6,9,11,13-14H2,1H3,(H,26,32)(H,27,37)(H,28,29,35,36). The summed E-state index contributed by atoms with van der Waals surface area (Å²) < 4.78 is 11.5. The lowest BCUT2D eigenvalue weighted by Gasteiger charge is -2.19. The van der Waals surface area contributed by atoms with Gasteiger partial charge < -0.3 is 40.7 Å². The van der Waals surface area contributed by atoms with Crippen LogP contribution in [-0.2, 0) is 25.7 Å². The quantitative estimate of drug-likeness (QED) is 0.186. The molecule has 39 heavy (non-hydrogen) atoms. The Bertz CT molecular complexity index is 1180. The fraction of sp³-hybridized carbons (Fsp3) is 0.480. The van der Waals surface area contributed by atoms with Gasteiger partial charge in [0.05, 0.1) is 6.61 Å². The molecule has 212 valence electrons. The minimum atomic E-state index is -1.48. The molecule has 2 aromatic rings. The highest BCUT2D eigenvalue weighted by molar-refractivity contribution is 5.95. The summed E-state index contributed by atoms with van der Waals surface area (Å²) >= 11 is 0. The first-order valence-corrected chi connectivity index (χ1v) is 12.4. The SMILES string of the molecule is CC(=O)NCCCCC(NC(=O)OCc1ccccc1)C(=O)Nc1ccn(C2OC(CO)C(O)C2O)c(=O)n1. The molecule has 3 rings (SSSR count). The van der Waals surface area contributed by atoms with Gasteiger partial charge in [-0.1, -0.05) is 30.3 Å². The zero-order chi connectivity index (χ0) is 28.4. The highest BCUT2D eigenvalue weighted by Gasteiger charge is 2.43. The molecule has 0 spiro atoms. The highest BCUT2D eigenvalue weighted by Crippen LogP contribution is 2.28. The molecular weight excluding hydrogens is 514 g/mol. The smallest absolute Gasteiger partial charge is 0.408 e. The van der Waals surface area contributed by atoms with Crippen LogP contribution in [0.5, 0.6) is 0 Å². The average Bonchev–Trinajstić information content (AvgIpc) is 3.20. The van der Waals surface area contributed by atoms with E-state index in [2.05, 4.69) is 20.9 Å². The van der Waals surface area contributed by atoms with Crippen LogP contribution in [0.25, 0.3) is 0 Å². The summed E-state index contributed by atoms with van der Waals surface area (Å²) in [5, 5.41) is 37.0. The Hall–Kier alpha value is -3.85. The molecular formula is C25H33N5O9. The van der Waals surface area contributed by atoms with Crippen LogP contribution in [-0.4, -0.2) is 80.3 Å². The van der Waals surface area contributed by atoms with E-state index in [1.54, 1.807) is 24.3 Å². The lowest BCUT2D eigenvalue weighted by atomic mass is 10.1. The molecule has 6 N–H and O–H groups in total. The van der Waals surface area contributed by atoms with Crippen molar-refractivity contribution in [2.45, 2.75) is 63.4 Å². The van der Waals surface area contributed by atoms with Crippen molar-refractivity contribution in [3.8, 4) is 0 Å². The molecule has 2 heterocycles. The lowest BCUT2D eigenvalue weighted by molar-refractivity contribution is -0.119. The van der Waals surface area contributed by atoms with E-state index < -0.39 is 54.9 Å². The Morgan fingerprint density at radius 3 is 2.51 bits per heavy atom. The lowest BCUT2D eigenvalue weighted by Crippen LogP contribution is -2.44. The van der Waals surface area contributed by atoms with Crippen LogP contribution in [0, 0.1) is 0 Å². The fourth-order valence-electron chi connectivity index (χ4n) is 3.91. The second kappa shape index (κ2) is 14.3. The number of aliphatic hydroxyl groups excluding tert-OH is 3. The number of aromatic nitrogens is 2. The van der Waals surface area contributed by atoms with E-state index in [9.17, 15) is 34.5 Å². The second-order valence-corrected chi connectivity index (χ2v) is 8.96. The molecule has 0 radical (unpaired) electrons. The molecule has 1 aromatic heterocycles. The number of alkyl carbamates (subject to hydrolysis) is 1. The molecule has 1 aliphatic rings. The molecule has 1 aromatic carbocycles. The first-order chi connectivity index (χ1) is 18.7. The van der Waals surface area contributed by atoms with Gasteiger partial charge in [-0.05, 0) is 30.9 Å². The van der Waals surface area contributed by atoms with Gasteiger partial charge in [-0.25, -0.2) is 9.59 Å². The van der Waals surface area contributed by atoms with Crippen molar-refractivity contribution in [3.63, 3.8) is 0 Å². The molecule has 1 fully saturated rings. The van der Waals surface area contributed by atoms with Gasteiger partial charge in [0.1, 0.15) is 36.8 Å². The maximum Gasteiger partial charge on any atom is 0.408 e. The Morgan fingerprint density at radius 1 is 1.13 bits per heavy atom. The van der Waals surface area contributed by atoms with Crippen LogP contribution in [0.3, 0.4) is 0 Å². The number of ether oxygens (including phenoxy) is 2. The van der Waals surface area contributed by atoms with Gasteiger partial charge in [-0.2, -0.15) is 4.98 Å². The van der Waals surface area contributed by atoms with E-state index >= 15 is 0 Å². The molecule has 0 saturated carbocycles. The zero-order valence-corrected chi connectivity index (χ0v) is 21.4. The summed E-state index contributed by atoms with van der Waals surface area (Å²) in [6, 6.07) is 9.26. The zero-order valence-electron chi connectivity index (χ0n) is 21.4. The van der Waals surface area contributed by atoms with Crippen LogP contribution >= 0.6 is 0 Å². The minimum absolute atomic E-state index is 0.00422. The summed E-state index contributed by atoms with van der Waals surface area (Å²) in [5.41, 5.74) is -0.118. The molecule has 0 aliphatic carbocycles. The minimum Gasteiger partial charge on any atom is -0.445 e. The first-order valence-electron chi connectivity index (χ1n) is 12.4. The van der Waals surface area contributed by atoms with Crippen LogP contribution in [0.2, 0.25) is 0 Å². The van der Waals surface area contributed by atoms with Gasteiger partial charge in [0, 0.05) is 19.7 Å². The van der Waals surface area contributed by atoms with Crippen LogP contribution in [0.1, 0.15) is 38.0 Å². The molecule has 1 saturated heterocycles. The summed E-state index contributed by atoms with van der Waals surface area (Å²) in [6.45, 7) is 1.25. The number of rotatable bonds is 12. The Labute approximate surface area is 224 Å². The number of hydrogen-bond donors (Lipinski definition) is 6. The van der Waals surface area contributed by atoms with E-state index in [-0.39, 0.29) is 24.8 Å². The summed E-state index contributed by atoms with van der Waals surface area (Å²) in [5.74, 6) is -0.941. The van der Waals surface area contributed by atoms with Crippen molar-refractivity contribution in [3.05, 3.63) is 58.6 Å². The summed E-state index contributed by atoms with van der Waals surface area (Å²) in [6.07, 6.45) is -3.56. The largest absolute Gasteiger partial charge is 0.445 e. The number of aliphatic hydroxyl groups is 3. The van der Waals surface area contributed by atoms with Gasteiger partial charge in [0.15, 0.2) is 6.23 Å². The maximum atomic E-state index is 13.0. The van der Waals surface area contributed by atoms with Gasteiger partial charge in [-0.3, -0.25) is 14.2 Å². The molecule has 14 heteroatoms. The summed E-state index contributed by atoms with van der Waals surface area (Å²) in [4.78, 5) is 52.8. The molecule has 0 bridgehead atoms. The van der Waals surface area contributed by atoms with Crippen molar-refractivity contribution >= 4 is 23.7 Å². The van der Waals surface area contributed by atoms with Crippen molar-refractivity contribution in [1.29, 1.82) is 0 Å². The second-order valence-electron chi connectivity index (χ2n) is 8.96. The first kappa shape index (κ1) is 29.7. The van der Waals surface area contributed by atoms with Gasteiger partial charge in [-0.15, -0.1) is 0 Å². The number of nitrogens with zero attached hydrogens (tertiary/aromatic N) is 2. The number of unbranched alkanes of at least 4 members (excludes halogenated alkanes) is 1. The van der Waals surface area contributed by atoms with Gasteiger partial charge in [0.25, 0.3) is 0 Å². The number of benzene rings is 1. The van der Waals surface area contributed by atoms with Crippen LogP contribution < -0.4 is 21.6 Å². The fourth-order valence-corrected chi connectivity index (χ4v) is 3.91. The van der Waals surface area contributed by atoms with Crippen LogP contribution in [0.4, 0.5) is 10.6 Å². The molecule has 3 amide bonds. The van der Waals surface area contributed by atoms with E-state index in [1.165, 1.54) is 19.2 Å².